The van der Waals surface area contributed by atoms with E-state index in [9.17, 15) is 17.6 Å². The molecule has 1 amide bonds. The maximum atomic E-state index is 13.5. The molecule has 2 aliphatic heterocycles. The third-order valence-electron chi connectivity index (χ3n) is 4.54. The van der Waals surface area contributed by atoms with Gasteiger partial charge in [0.15, 0.2) is 0 Å². The van der Waals surface area contributed by atoms with Crippen LogP contribution in [0.4, 0.5) is 10.1 Å². The summed E-state index contributed by atoms with van der Waals surface area (Å²) in [5.41, 5.74) is 1.48. The molecule has 0 aromatic heterocycles. The zero-order chi connectivity index (χ0) is 18.5. The smallest absolute Gasteiger partial charge is 0.264 e. The normalized spacial score (nSPS) is 19.2. The SMILES string of the molecule is C[C@H]1CN(S(=O)(=O)c2ccc3c(c2)C(=O)NCC3)c2ccc(F)cc2O1. The molecule has 2 aliphatic rings. The summed E-state index contributed by atoms with van der Waals surface area (Å²) in [6, 6.07) is 8.35. The zero-order valence-corrected chi connectivity index (χ0v) is 14.8. The third-order valence-corrected chi connectivity index (χ3v) is 6.31. The number of ether oxygens (including phenoxy) is 1. The fourth-order valence-electron chi connectivity index (χ4n) is 3.28. The minimum Gasteiger partial charge on any atom is -0.487 e. The van der Waals surface area contributed by atoms with E-state index < -0.39 is 21.9 Å². The second kappa shape index (κ2) is 5.98. The van der Waals surface area contributed by atoms with Crippen molar-refractivity contribution in [3.8, 4) is 5.75 Å². The first-order chi connectivity index (χ1) is 12.4. The van der Waals surface area contributed by atoms with Gasteiger partial charge in [-0.25, -0.2) is 12.8 Å². The van der Waals surface area contributed by atoms with Crippen molar-refractivity contribution < 1.29 is 22.3 Å². The molecular weight excluding hydrogens is 359 g/mol. The average molecular weight is 376 g/mol. The van der Waals surface area contributed by atoms with Gasteiger partial charge in [0.1, 0.15) is 17.7 Å². The first-order valence-electron chi connectivity index (χ1n) is 8.26. The van der Waals surface area contributed by atoms with Crippen LogP contribution in [0, 0.1) is 5.82 Å². The Morgan fingerprint density at radius 3 is 2.85 bits per heavy atom. The van der Waals surface area contributed by atoms with E-state index in [1.807, 2.05) is 0 Å². The molecule has 6 nitrogen and oxygen atoms in total. The molecule has 26 heavy (non-hydrogen) atoms. The fourth-order valence-corrected chi connectivity index (χ4v) is 4.86. The number of halogens is 1. The Balaban J connectivity index is 1.81. The van der Waals surface area contributed by atoms with Crippen LogP contribution in [0.3, 0.4) is 0 Å². The first-order valence-corrected chi connectivity index (χ1v) is 9.70. The zero-order valence-electron chi connectivity index (χ0n) is 14.0. The molecule has 8 heteroatoms. The molecule has 0 bridgehead atoms. The highest BCUT2D eigenvalue weighted by atomic mass is 32.2. The molecule has 1 atom stereocenters. The largest absolute Gasteiger partial charge is 0.487 e. The Bertz CT molecular complexity index is 1010. The number of carbonyl (C=O) groups is 1. The van der Waals surface area contributed by atoms with Crippen LogP contribution in [0.5, 0.6) is 5.75 Å². The summed E-state index contributed by atoms with van der Waals surface area (Å²) in [6.07, 6.45) is 0.234. The summed E-state index contributed by atoms with van der Waals surface area (Å²) in [6.45, 7) is 2.36. The second-order valence-corrected chi connectivity index (χ2v) is 8.26. The molecule has 2 aromatic carbocycles. The lowest BCUT2D eigenvalue weighted by Crippen LogP contribution is -2.42. The molecule has 0 saturated carbocycles. The molecule has 2 aromatic rings. The van der Waals surface area contributed by atoms with Gasteiger partial charge in [0.2, 0.25) is 0 Å². The summed E-state index contributed by atoms with van der Waals surface area (Å²) >= 11 is 0. The Morgan fingerprint density at radius 1 is 1.23 bits per heavy atom. The number of nitrogens with one attached hydrogen (secondary N) is 1. The van der Waals surface area contributed by atoms with E-state index in [1.165, 1.54) is 34.6 Å². The lowest BCUT2D eigenvalue weighted by atomic mass is 10.0. The predicted octanol–water partition coefficient (Wildman–Crippen LogP) is 2.09. The lowest BCUT2D eigenvalue weighted by Gasteiger charge is -2.34. The number of sulfonamides is 1. The van der Waals surface area contributed by atoms with Gasteiger partial charge in [0.25, 0.3) is 15.9 Å². The van der Waals surface area contributed by atoms with Crippen LogP contribution in [0.15, 0.2) is 41.3 Å². The standard InChI is InChI=1S/C18H17FN2O4S/c1-11-10-21(16-5-3-13(19)8-17(16)25-11)26(23,24)14-4-2-12-6-7-20-18(22)15(12)9-14/h2-5,8-9,11H,6-7,10H2,1H3,(H,20,22)/t11-/m0/s1. The summed E-state index contributed by atoms with van der Waals surface area (Å²) in [5, 5.41) is 2.72. The van der Waals surface area contributed by atoms with Crippen molar-refractivity contribution in [3.63, 3.8) is 0 Å². The van der Waals surface area contributed by atoms with E-state index in [4.69, 9.17) is 4.74 Å². The number of benzene rings is 2. The van der Waals surface area contributed by atoms with Crippen molar-refractivity contribution in [3.05, 3.63) is 53.3 Å². The predicted molar refractivity (Wildman–Crippen MR) is 93.5 cm³/mol. The molecule has 0 radical (unpaired) electrons. The fraction of sp³-hybridized carbons (Fsp3) is 0.278. The van der Waals surface area contributed by atoms with Crippen molar-refractivity contribution in [2.24, 2.45) is 0 Å². The summed E-state index contributed by atoms with van der Waals surface area (Å²) in [4.78, 5) is 12.1. The first kappa shape index (κ1) is 16.8. The summed E-state index contributed by atoms with van der Waals surface area (Å²) < 4.78 is 46.7. The van der Waals surface area contributed by atoms with E-state index in [0.717, 1.165) is 5.56 Å². The molecule has 0 spiro atoms. The van der Waals surface area contributed by atoms with Crippen LogP contribution in [0.1, 0.15) is 22.8 Å². The average Bonchev–Trinajstić information content (AvgIpc) is 2.60. The quantitative estimate of drug-likeness (QED) is 0.871. The van der Waals surface area contributed by atoms with Crippen molar-refractivity contribution >= 4 is 21.6 Å². The maximum Gasteiger partial charge on any atom is 0.264 e. The molecule has 0 unspecified atom stereocenters. The van der Waals surface area contributed by atoms with Gasteiger partial charge in [-0.05, 0) is 43.2 Å². The molecule has 1 N–H and O–H groups in total. The summed E-state index contributed by atoms with van der Waals surface area (Å²) in [5.74, 6) is -0.593. The number of nitrogens with zero attached hydrogens (tertiary/aromatic N) is 1. The number of hydrogen-bond acceptors (Lipinski definition) is 4. The molecule has 0 aliphatic carbocycles. The number of anilines is 1. The highest BCUT2D eigenvalue weighted by molar-refractivity contribution is 7.92. The topological polar surface area (TPSA) is 75.7 Å². The van der Waals surface area contributed by atoms with E-state index in [-0.39, 0.29) is 28.8 Å². The molecule has 2 heterocycles. The van der Waals surface area contributed by atoms with E-state index in [2.05, 4.69) is 5.32 Å². The molecule has 136 valence electrons. The van der Waals surface area contributed by atoms with Gasteiger partial charge in [-0.3, -0.25) is 9.10 Å². The minimum absolute atomic E-state index is 0.0256. The Hall–Kier alpha value is -2.61. The van der Waals surface area contributed by atoms with Crippen LogP contribution in [0.25, 0.3) is 0 Å². The van der Waals surface area contributed by atoms with E-state index in [0.29, 0.717) is 18.5 Å². The number of hydrogen-bond donors (Lipinski definition) is 1. The monoisotopic (exact) mass is 376 g/mol. The molecule has 0 saturated heterocycles. The molecule has 0 fully saturated rings. The molecular formula is C18H17FN2O4S. The highest BCUT2D eigenvalue weighted by Crippen LogP contribution is 2.37. The number of fused-ring (bicyclic) bond motifs is 2. The maximum absolute atomic E-state index is 13.5. The van der Waals surface area contributed by atoms with Gasteiger partial charge in [0, 0.05) is 18.2 Å². The van der Waals surface area contributed by atoms with Gasteiger partial charge in [-0.1, -0.05) is 6.07 Å². The van der Waals surface area contributed by atoms with Crippen LogP contribution >= 0.6 is 0 Å². The number of carbonyl (C=O) groups excluding carboxylic acids is 1. The number of rotatable bonds is 2. The number of amides is 1. The Kier molecular flexibility index (Phi) is 3.87. The summed E-state index contributed by atoms with van der Waals surface area (Å²) in [7, 11) is -3.93. The molecule has 4 rings (SSSR count). The van der Waals surface area contributed by atoms with Crippen molar-refractivity contribution in [2.45, 2.75) is 24.3 Å². The second-order valence-electron chi connectivity index (χ2n) is 6.40. The van der Waals surface area contributed by atoms with Crippen LogP contribution < -0.4 is 14.4 Å². The lowest BCUT2D eigenvalue weighted by molar-refractivity contribution is 0.0945. The van der Waals surface area contributed by atoms with Gasteiger partial charge in [0.05, 0.1) is 17.1 Å². The third kappa shape index (κ3) is 2.70. The Morgan fingerprint density at radius 2 is 2.04 bits per heavy atom. The minimum atomic E-state index is -3.93. The van der Waals surface area contributed by atoms with Gasteiger partial charge < -0.3 is 10.1 Å². The van der Waals surface area contributed by atoms with E-state index in [1.54, 1.807) is 13.0 Å². The van der Waals surface area contributed by atoms with Crippen LogP contribution in [-0.4, -0.2) is 33.5 Å². The van der Waals surface area contributed by atoms with Gasteiger partial charge in [-0.15, -0.1) is 0 Å². The van der Waals surface area contributed by atoms with Crippen LogP contribution in [0.2, 0.25) is 0 Å². The van der Waals surface area contributed by atoms with Crippen molar-refractivity contribution in [1.82, 2.24) is 5.32 Å². The van der Waals surface area contributed by atoms with Gasteiger partial charge >= 0.3 is 0 Å². The van der Waals surface area contributed by atoms with Gasteiger partial charge in [-0.2, -0.15) is 0 Å². The van der Waals surface area contributed by atoms with Crippen molar-refractivity contribution in [2.75, 3.05) is 17.4 Å². The van der Waals surface area contributed by atoms with E-state index >= 15 is 0 Å². The van der Waals surface area contributed by atoms with Crippen LogP contribution in [-0.2, 0) is 16.4 Å². The Labute approximate surface area is 150 Å². The van der Waals surface area contributed by atoms with Crippen molar-refractivity contribution in [1.29, 1.82) is 0 Å². The highest BCUT2D eigenvalue weighted by Gasteiger charge is 2.34.